The van der Waals surface area contributed by atoms with Crippen LogP contribution < -0.4 is 5.73 Å². The molecule has 0 unspecified atom stereocenters. The minimum absolute atomic E-state index is 0.0576. The average Bonchev–Trinajstić information content (AvgIpc) is 2.85. The molecule has 3 N–H and O–H groups in total. The highest BCUT2D eigenvalue weighted by Gasteiger charge is 2.46. The maximum absolute atomic E-state index is 7.53. The SMILES string of the molecule is Cc1ncn(CC2(C(=N)N)CC2)c1C. The average molecular weight is 192 g/mol. The Morgan fingerprint density at radius 1 is 1.64 bits per heavy atom. The van der Waals surface area contributed by atoms with Crippen molar-refractivity contribution in [2.45, 2.75) is 33.2 Å². The van der Waals surface area contributed by atoms with E-state index in [4.69, 9.17) is 11.1 Å². The number of nitrogens with two attached hydrogens (primary N) is 1. The number of hydrogen-bond acceptors (Lipinski definition) is 2. The van der Waals surface area contributed by atoms with Gasteiger partial charge in [-0.25, -0.2) is 4.98 Å². The standard InChI is InChI=1S/C10H16N4/c1-7-8(2)14(6-13-7)5-10(3-4-10)9(11)12/h6H,3-5H2,1-2H3,(H3,11,12). The first-order chi connectivity index (χ1) is 6.55. The number of hydrogen-bond donors (Lipinski definition) is 2. The lowest BCUT2D eigenvalue weighted by Crippen LogP contribution is -2.28. The van der Waals surface area contributed by atoms with Gasteiger partial charge in [-0.05, 0) is 26.7 Å². The third-order valence-electron chi connectivity index (χ3n) is 3.24. The van der Waals surface area contributed by atoms with Gasteiger partial charge in [-0.1, -0.05) is 0 Å². The van der Waals surface area contributed by atoms with Crippen LogP contribution in [0.5, 0.6) is 0 Å². The summed E-state index contributed by atoms with van der Waals surface area (Å²) in [5.41, 5.74) is 7.77. The molecule has 14 heavy (non-hydrogen) atoms. The van der Waals surface area contributed by atoms with Crippen molar-refractivity contribution in [2.24, 2.45) is 11.1 Å². The van der Waals surface area contributed by atoms with Crippen molar-refractivity contribution in [2.75, 3.05) is 0 Å². The highest BCUT2D eigenvalue weighted by Crippen LogP contribution is 2.47. The van der Waals surface area contributed by atoms with Gasteiger partial charge in [0.15, 0.2) is 0 Å². The third-order valence-corrected chi connectivity index (χ3v) is 3.24. The molecular weight excluding hydrogens is 176 g/mol. The van der Waals surface area contributed by atoms with Crippen molar-refractivity contribution in [3.63, 3.8) is 0 Å². The van der Waals surface area contributed by atoms with E-state index >= 15 is 0 Å². The van der Waals surface area contributed by atoms with Crippen LogP contribution in [0.25, 0.3) is 0 Å². The number of rotatable bonds is 3. The Morgan fingerprint density at radius 3 is 2.64 bits per heavy atom. The van der Waals surface area contributed by atoms with E-state index in [0.717, 1.165) is 25.1 Å². The molecular formula is C10H16N4. The zero-order valence-corrected chi connectivity index (χ0v) is 8.67. The van der Waals surface area contributed by atoms with E-state index in [1.807, 2.05) is 13.3 Å². The van der Waals surface area contributed by atoms with Gasteiger partial charge in [0.1, 0.15) is 0 Å². The van der Waals surface area contributed by atoms with Crippen LogP contribution in [0.15, 0.2) is 6.33 Å². The Morgan fingerprint density at radius 2 is 2.29 bits per heavy atom. The Balaban J connectivity index is 2.19. The topological polar surface area (TPSA) is 67.7 Å². The van der Waals surface area contributed by atoms with Gasteiger partial charge < -0.3 is 10.3 Å². The number of aryl methyl sites for hydroxylation is 1. The molecule has 4 nitrogen and oxygen atoms in total. The Hall–Kier alpha value is -1.32. The monoisotopic (exact) mass is 192 g/mol. The molecule has 1 aromatic heterocycles. The summed E-state index contributed by atoms with van der Waals surface area (Å²) in [6, 6.07) is 0. The number of imidazole rings is 1. The predicted molar refractivity (Wildman–Crippen MR) is 55.3 cm³/mol. The van der Waals surface area contributed by atoms with Crippen LogP contribution in [0.2, 0.25) is 0 Å². The Kier molecular flexibility index (Phi) is 1.87. The van der Waals surface area contributed by atoms with Crippen molar-refractivity contribution in [3.05, 3.63) is 17.7 Å². The van der Waals surface area contributed by atoms with Crippen molar-refractivity contribution < 1.29 is 0 Å². The molecule has 0 atom stereocenters. The maximum Gasteiger partial charge on any atom is 0.0986 e. The Labute approximate surface area is 83.6 Å². The van der Waals surface area contributed by atoms with Crippen molar-refractivity contribution in [3.8, 4) is 0 Å². The Bertz CT molecular complexity index is 373. The van der Waals surface area contributed by atoms with Crippen LogP contribution in [0, 0.1) is 24.7 Å². The molecule has 1 fully saturated rings. The fourth-order valence-electron chi connectivity index (χ4n) is 1.69. The summed E-state index contributed by atoms with van der Waals surface area (Å²) in [4.78, 5) is 4.24. The fraction of sp³-hybridized carbons (Fsp3) is 0.600. The minimum Gasteiger partial charge on any atom is -0.387 e. The summed E-state index contributed by atoms with van der Waals surface area (Å²) in [7, 11) is 0. The van der Waals surface area contributed by atoms with Gasteiger partial charge in [0.25, 0.3) is 0 Å². The molecule has 1 aliphatic rings. The summed E-state index contributed by atoms with van der Waals surface area (Å²) in [5.74, 6) is 0.322. The second kappa shape index (κ2) is 2.83. The molecule has 76 valence electrons. The van der Waals surface area contributed by atoms with Gasteiger partial charge in [0, 0.05) is 17.7 Å². The van der Waals surface area contributed by atoms with E-state index in [0.29, 0.717) is 5.84 Å². The summed E-state index contributed by atoms with van der Waals surface area (Å²) in [6.07, 6.45) is 3.92. The minimum atomic E-state index is -0.0576. The third kappa shape index (κ3) is 1.31. The first kappa shape index (κ1) is 9.24. The van der Waals surface area contributed by atoms with Crippen LogP contribution in [0.4, 0.5) is 0 Å². The van der Waals surface area contributed by atoms with Crippen LogP contribution in [0.1, 0.15) is 24.2 Å². The van der Waals surface area contributed by atoms with Gasteiger partial charge in [0.2, 0.25) is 0 Å². The smallest absolute Gasteiger partial charge is 0.0986 e. The lowest BCUT2D eigenvalue weighted by atomic mass is 10.1. The van der Waals surface area contributed by atoms with E-state index in [1.54, 1.807) is 0 Å². The van der Waals surface area contributed by atoms with Crippen molar-refractivity contribution in [1.82, 2.24) is 9.55 Å². The molecule has 1 aromatic rings. The van der Waals surface area contributed by atoms with E-state index in [9.17, 15) is 0 Å². The molecule has 0 spiro atoms. The largest absolute Gasteiger partial charge is 0.387 e. The van der Waals surface area contributed by atoms with E-state index in [1.165, 1.54) is 5.69 Å². The molecule has 1 aliphatic carbocycles. The van der Waals surface area contributed by atoms with Gasteiger partial charge >= 0.3 is 0 Å². The second-order valence-corrected chi connectivity index (χ2v) is 4.24. The van der Waals surface area contributed by atoms with E-state index in [2.05, 4.69) is 16.5 Å². The van der Waals surface area contributed by atoms with E-state index < -0.39 is 0 Å². The van der Waals surface area contributed by atoms with Gasteiger partial charge in [-0.15, -0.1) is 0 Å². The number of nitrogens with zero attached hydrogens (tertiary/aromatic N) is 2. The summed E-state index contributed by atoms with van der Waals surface area (Å²) in [6.45, 7) is 4.87. The number of amidine groups is 1. The second-order valence-electron chi connectivity index (χ2n) is 4.24. The number of aromatic nitrogens is 2. The highest BCUT2D eigenvalue weighted by atomic mass is 15.1. The zero-order chi connectivity index (χ0) is 10.3. The molecule has 1 heterocycles. The van der Waals surface area contributed by atoms with Crippen molar-refractivity contribution in [1.29, 1.82) is 5.41 Å². The normalized spacial score (nSPS) is 18.1. The molecule has 0 aliphatic heterocycles. The number of nitrogens with one attached hydrogen (secondary N) is 1. The summed E-state index contributed by atoms with van der Waals surface area (Å²) < 4.78 is 2.10. The molecule has 0 saturated heterocycles. The first-order valence-electron chi connectivity index (χ1n) is 4.88. The molecule has 0 bridgehead atoms. The first-order valence-corrected chi connectivity index (χ1v) is 4.88. The van der Waals surface area contributed by atoms with Gasteiger partial charge in [-0.3, -0.25) is 5.41 Å². The molecule has 0 aromatic carbocycles. The highest BCUT2D eigenvalue weighted by molar-refractivity contribution is 5.86. The lowest BCUT2D eigenvalue weighted by Gasteiger charge is -2.15. The van der Waals surface area contributed by atoms with Crippen LogP contribution in [0.3, 0.4) is 0 Å². The molecule has 0 amide bonds. The summed E-state index contributed by atoms with van der Waals surface area (Å²) >= 11 is 0. The molecule has 0 radical (unpaired) electrons. The lowest BCUT2D eigenvalue weighted by molar-refractivity contribution is 0.532. The molecule has 1 saturated carbocycles. The van der Waals surface area contributed by atoms with Crippen molar-refractivity contribution >= 4 is 5.84 Å². The van der Waals surface area contributed by atoms with Gasteiger partial charge in [-0.2, -0.15) is 0 Å². The fourth-order valence-corrected chi connectivity index (χ4v) is 1.69. The van der Waals surface area contributed by atoms with Crippen LogP contribution >= 0.6 is 0 Å². The maximum atomic E-state index is 7.53. The molecule has 4 heteroatoms. The molecule has 2 rings (SSSR count). The summed E-state index contributed by atoms with van der Waals surface area (Å²) in [5, 5.41) is 7.53. The van der Waals surface area contributed by atoms with Gasteiger partial charge in [0.05, 0.1) is 17.9 Å². The predicted octanol–water partition coefficient (Wildman–Crippen LogP) is 1.22. The van der Waals surface area contributed by atoms with E-state index in [-0.39, 0.29) is 5.41 Å². The van der Waals surface area contributed by atoms with Crippen LogP contribution in [-0.2, 0) is 6.54 Å². The zero-order valence-electron chi connectivity index (χ0n) is 8.67. The quantitative estimate of drug-likeness (QED) is 0.558. The van der Waals surface area contributed by atoms with Crippen LogP contribution in [-0.4, -0.2) is 15.4 Å².